The molecule has 1 saturated heterocycles. The molecule has 1 N–H and O–H groups in total. The van der Waals surface area contributed by atoms with Crippen LogP contribution in [0, 0.1) is 6.92 Å². The zero-order valence-corrected chi connectivity index (χ0v) is 11.3. The number of carbonyl (C=O) groups is 1. The molecule has 0 radical (unpaired) electrons. The van der Waals surface area contributed by atoms with Crippen LogP contribution in [0.2, 0.25) is 0 Å². The molecule has 98 valence electrons. The average molecular weight is 247 g/mol. The number of aryl methyl sites for hydroxylation is 1. The molecule has 3 nitrogen and oxygen atoms in total. The Labute approximate surface area is 108 Å². The summed E-state index contributed by atoms with van der Waals surface area (Å²) in [5.74, 6) is 0.323. The summed E-state index contributed by atoms with van der Waals surface area (Å²) >= 11 is 0. The van der Waals surface area contributed by atoms with Gasteiger partial charge in [0.05, 0.1) is 0 Å². The van der Waals surface area contributed by atoms with Crippen molar-refractivity contribution in [2.24, 2.45) is 0 Å². The first kappa shape index (κ1) is 12.9. The van der Waals surface area contributed by atoms with Crippen LogP contribution in [0.25, 0.3) is 0 Å². The predicted molar refractivity (Wildman–Crippen MR) is 71.8 cm³/mol. The molecule has 1 aromatic carbocycles. The summed E-state index contributed by atoms with van der Waals surface area (Å²) in [4.78, 5) is 14.5. The van der Waals surface area contributed by atoms with Crippen molar-refractivity contribution < 1.29 is 9.90 Å². The Kier molecular flexibility index (Phi) is 3.60. The lowest BCUT2D eigenvalue weighted by Crippen LogP contribution is -2.47. The number of hydrogen-bond acceptors (Lipinski definition) is 2. The minimum atomic E-state index is 0.0813. The Morgan fingerprint density at radius 1 is 1.28 bits per heavy atom. The summed E-state index contributed by atoms with van der Waals surface area (Å²) in [6.45, 7) is 6.04. The molecular weight excluding hydrogens is 226 g/mol. The van der Waals surface area contributed by atoms with Gasteiger partial charge in [0.1, 0.15) is 5.75 Å². The van der Waals surface area contributed by atoms with Crippen LogP contribution in [-0.2, 0) is 0 Å². The molecule has 2 atom stereocenters. The maximum atomic E-state index is 12.5. The number of phenolic OH excluding ortho intramolecular Hbond substituents is 1. The number of aromatic hydroxyl groups is 1. The van der Waals surface area contributed by atoms with Crippen LogP contribution in [0.5, 0.6) is 5.75 Å². The van der Waals surface area contributed by atoms with Crippen LogP contribution < -0.4 is 0 Å². The van der Waals surface area contributed by atoms with E-state index in [9.17, 15) is 9.90 Å². The van der Waals surface area contributed by atoms with Gasteiger partial charge in [-0.3, -0.25) is 4.79 Å². The van der Waals surface area contributed by atoms with Crippen molar-refractivity contribution in [1.82, 2.24) is 4.90 Å². The lowest BCUT2D eigenvalue weighted by atomic mass is 9.96. The van der Waals surface area contributed by atoms with Crippen LogP contribution in [0.4, 0.5) is 0 Å². The number of nitrogens with zero attached hydrogens (tertiary/aromatic N) is 1. The van der Waals surface area contributed by atoms with Crippen LogP contribution in [-0.4, -0.2) is 28.0 Å². The molecule has 0 aliphatic carbocycles. The van der Waals surface area contributed by atoms with Crippen LogP contribution >= 0.6 is 0 Å². The Bertz CT molecular complexity index is 446. The Morgan fingerprint density at radius 3 is 2.44 bits per heavy atom. The largest absolute Gasteiger partial charge is 0.508 e. The standard InChI is InChI=1S/C15H21NO2/c1-10-9-13(7-8-14(10)17)15(18)16-11(2)5-4-6-12(16)3/h7-9,11-12,17H,4-6H2,1-3H3. The highest BCUT2D eigenvalue weighted by molar-refractivity contribution is 5.95. The lowest BCUT2D eigenvalue weighted by molar-refractivity contribution is 0.0510. The summed E-state index contributed by atoms with van der Waals surface area (Å²) in [6.07, 6.45) is 3.35. The zero-order valence-electron chi connectivity index (χ0n) is 11.3. The van der Waals surface area contributed by atoms with Gasteiger partial charge in [-0.1, -0.05) is 0 Å². The molecular formula is C15H21NO2. The van der Waals surface area contributed by atoms with Gasteiger partial charge in [0, 0.05) is 17.6 Å². The Hall–Kier alpha value is -1.51. The van der Waals surface area contributed by atoms with Gasteiger partial charge in [-0.05, 0) is 63.8 Å². The number of benzene rings is 1. The first-order chi connectivity index (χ1) is 8.50. The van der Waals surface area contributed by atoms with Crippen LogP contribution in [0.15, 0.2) is 18.2 Å². The van der Waals surface area contributed by atoms with Gasteiger partial charge in [-0.25, -0.2) is 0 Å². The number of hydrogen-bond donors (Lipinski definition) is 1. The number of phenols is 1. The van der Waals surface area contributed by atoms with Crippen molar-refractivity contribution in [2.75, 3.05) is 0 Å². The highest BCUT2D eigenvalue weighted by Crippen LogP contribution is 2.26. The Morgan fingerprint density at radius 2 is 1.89 bits per heavy atom. The minimum Gasteiger partial charge on any atom is -0.508 e. The van der Waals surface area contributed by atoms with Crippen molar-refractivity contribution in [3.8, 4) is 5.75 Å². The van der Waals surface area contributed by atoms with Gasteiger partial charge in [0.15, 0.2) is 0 Å². The summed E-state index contributed by atoms with van der Waals surface area (Å²) in [6, 6.07) is 5.68. The summed E-state index contributed by atoms with van der Waals surface area (Å²) in [7, 11) is 0. The van der Waals surface area contributed by atoms with E-state index in [0.717, 1.165) is 18.4 Å². The molecule has 1 aromatic rings. The highest BCUT2D eigenvalue weighted by Gasteiger charge is 2.29. The third-order valence-electron chi connectivity index (χ3n) is 3.87. The molecule has 1 fully saturated rings. The number of carbonyl (C=O) groups excluding carboxylic acids is 1. The third-order valence-corrected chi connectivity index (χ3v) is 3.87. The topological polar surface area (TPSA) is 40.5 Å². The molecule has 0 saturated carbocycles. The second-order valence-electron chi connectivity index (χ2n) is 5.34. The van der Waals surface area contributed by atoms with Crippen molar-refractivity contribution in [3.05, 3.63) is 29.3 Å². The minimum absolute atomic E-state index is 0.0813. The van der Waals surface area contributed by atoms with E-state index >= 15 is 0 Å². The number of likely N-dealkylation sites (tertiary alicyclic amines) is 1. The smallest absolute Gasteiger partial charge is 0.254 e. The quantitative estimate of drug-likeness (QED) is 0.828. The molecule has 0 aromatic heterocycles. The van der Waals surface area contributed by atoms with Gasteiger partial charge in [-0.2, -0.15) is 0 Å². The Balaban J connectivity index is 2.26. The maximum absolute atomic E-state index is 12.5. The summed E-state index contributed by atoms with van der Waals surface area (Å²) in [5.41, 5.74) is 1.42. The molecule has 1 amide bonds. The first-order valence-electron chi connectivity index (χ1n) is 6.63. The van der Waals surface area contributed by atoms with Crippen LogP contribution in [0.3, 0.4) is 0 Å². The number of rotatable bonds is 1. The average Bonchev–Trinajstić information content (AvgIpc) is 2.32. The van der Waals surface area contributed by atoms with Gasteiger partial charge in [-0.15, -0.1) is 0 Å². The highest BCUT2D eigenvalue weighted by atomic mass is 16.3. The van der Waals surface area contributed by atoms with E-state index < -0.39 is 0 Å². The van der Waals surface area contributed by atoms with Gasteiger partial charge in [0.2, 0.25) is 0 Å². The third kappa shape index (κ3) is 2.35. The molecule has 1 aliphatic rings. The lowest BCUT2D eigenvalue weighted by Gasteiger charge is -2.39. The fourth-order valence-corrected chi connectivity index (χ4v) is 2.76. The SMILES string of the molecule is Cc1cc(C(=O)N2C(C)CCCC2C)ccc1O. The van der Waals surface area contributed by atoms with E-state index in [2.05, 4.69) is 13.8 Å². The summed E-state index contributed by atoms with van der Waals surface area (Å²) in [5, 5.41) is 9.51. The molecule has 18 heavy (non-hydrogen) atoms. The summed E-state index contributed by atoms with van der Waals surface area (Å²) < 4.78 is 0. The molecule has 2 unspecified atom stereocenters. The zero-order chi connectivity index (χ0) is 13.3. The second-order valence-corrected chi connectivity index (χ2v) is 5.34. The fraction of sp³-hybridized carbons (Fsp3) is 0.533. The molecule has 2 rings (SSSR count). The van der Waals surface area contributed by atoms with Crippen molar-refractivity contribution in [3.63, 3.8) is 0 Å². The van der Waals surface area contributed by atoms with Crippen LogP contribution in [0.1, 0.15) is 49.0 Å². The van der Waals surface area contributed by atoms with E-state index in [1.54, 1.807) is 18.2 Å². The normalized spacial score (nSPS) is 24.1. The van der Waals surface area contributed by atoms with Crippen molar-refractivity contribution >= 4 is 5.91 Å². The van der Waals surface area contributed by atoms with Crippen molar-refractivity contribution in [2.45, 2.75) is 52.1 Å². The fourth-order valence-electron chi connectivity index (χ4n) is 2.76. The first-order valence-corrected chi connectivity index (χ1v) is 6.63. The van der Waals surface area contributed by atoms with E-state index in [4.69, 9.17) is 0 Å². The van der Waals surface area contributed by atoms with Gasteiger partial charge in [0.25, 0.3) is 5.91 Å². The monoisotopic (exact) mass is 247 g/mol. The van der Waals surface area contributed by atoms with E-state index in [1.165, 1.54) is 6.42 Å². The molecule has 3 heteroatoms. The van der Waals surface area contributed by atoms with E-state index in [1.807, 2.05) is 11.8 Å². The molecule has 0 bridgehead atoms. The number of piperidine rings is 1. The maximum Gasteiger partial charge on any atom is 0.254 e. The molecule has 1 heterocycles. The van der Waals surface area contributed by atoms with E-state index in [-0.39, 0.29) is 11.7 Å². The predicted octanol–water partition coefficient (Wildman–Crippen LogP) is 3.10. The van der Waals surface area contributed by atoms with E-state index in [0.29, 0.717) is 17.6 Å². The van der Waals surface area contributed by atoms with Gasteiger partial charge >= 0.3 is 0 Å². The van der Waals surface area contributed by atoms with Gasteiger partial charge < -0.3 is 10.0 Å². The second kappa shape index (κ2) is 5.01. The number of amides is 1. The van der Waals surface area contributed by atoms with Crippen molar-refractivity contribution in [1.29, 1.82) is 0 Å². The molecule has 0 spiro atoms. The molecule has 1 aliphatic heterocycles.